The van der Waals surface area contributed by atoms with Crippen molar-refractivity contribution in [3.8, 4) is 12.3 Å². The van der Waals surface area contributed by atoms with Crippen LogP contribution in [0.15, 0.2) is 30.3 Å². The van der Waals surface area contributed by atoms with Crippen LogP contribution in [0.1, 0.15) is 11.7 Å². The number of terminal acetylenes is 1. The highest BCUT2D eigenvalue weighted by atomic mass is 32.2. The second kappa shape index (κ2) is 4.80. The van der Waals surface area contributed by atoms with E-state index in [1.807, 2.05) is 30.3 Å². The summed E-state index contributed by atoms with van der Waals surface area (Å²) >= 11 is -1.34. The van der Waals surface area contributed by atoms with Gasteiger partial charge in [0.2, 0.25) is 0 Å². The summed E-state index contributed by atoms with van der Waals surface area (Å²) < 4.78 is 15.8. The molecule has 0 aliphatic rings. The van der Waals surface area contributed by atoms with Crippen LogP contribution in [0.4, 0.5) is 0 Å². The van der Waals surface area contributed by atoms with Crippen molar-refractivity contribution in [2.24, 2.45) is 0 Å². The molecule has 68 valence electrons. The van der Waals surface area contributed by atoms with Crippen LogP contribution in [0.3, 0.4) is 0 Å². The molecule has 2 unspecified atom stereocenters. The molecule has 3 heteroatoms. The molecule has 1 aromatic carbocycles. The third-order valence-electron chi connectivity index (χ3n) is 1.49. The van der Waals surface area contributed by atoms with Gasteiger partial charge in [0, 0.05) is 6.26 Å². The average molecular weight is 194 g/mol. The van der Waals surface area contributed by atoms with Crippen LogP contribution >= 0.6 is 0 Å². The summed E-state index contributed by atoms with van der Waals surface area (Å²) in [5.74, 6) is 2.43. The Hall–Kier alpha value is -1.11. The fourth-order valence-electron chi connectivity index (χ4n) is 0.943. The Labute approximate surface area is 80.6 Å². The third-order valence-corrected chi connectivity index (χ3v) is 1.95. The lowest BCUT2D eigenvalue weighted by Gasteiger charge is -2.08. The summed E-state index contributed by atoms with van der Waals surface area (Å²) in [6.07, 6.45) is 6.17. The highest BCUT2D eigenvalue weighted by molar-refractivity contribution is 7.79. The first kappa shape index (κ1) is 9.97. The number of benzene rings is 1. The highest BCUT2D eigenvalue weighted by Crippen LogP contribution is 2.16. The lowest BCUT2D eigenvalue weighted by Crippen LogP contribution is -2.03. The first-order chi connectivity index (χ1) is 6.24. The van der Waals surface area contributed by atoms with Gasteiger partial charge in [-0.25, -0.2) is 4.21 Å². The summed E-state index contributed by atoms with van der Waals surface area (Å²) in [6.45, 7) is 0. The quantitative estimate of drug-likeness (QED) is 0.684. The van der Waals surface area contributed by atoms with Crippen molar-refractivity contribution in [3.05, 3.63) is 35.9 Å². The standard InChI is InChI=1S/C10H10O2S/c1-3-10(12-13(2)11)9-7-5-4-6-8-9/h1,4-8,10H,2H3. The predicted molar refractivity (Wildman–Crippen MR) is 53.2 cm³/mol. The van der Waals surface area contributed by atoms with Gasteiger partial charge < -0.3 is 0 Å². The Balaban J connectivity index is 2.80. The van der Waals surface area contributed by atoms with E-state index in [0.29, 0.717) is 0 Å². The Morgan fingerprint density at radius 3 is 2.54 bits per heavy atom. The Morgan fingerprint density at radius 2 is 2.08 bits per heavy atom. The molecule has 13 heavy (non-hydrogen) atoms. The van der Waals surface area contributed by atoms with E-state index in [0.717, 1.165) is 5.56 Å². The van der Waals surface area contributed by atoms with Crippen molar-refractivity contribution in [2.75, 3.05) is 6.26 Å². The monoisotopic (exact) mass is 194 g/mol. The molecule has 0 aromatic heterocycles. The zero-order valence-corrected chi connectivity index (χ0v) is 8.08. The summed E-state index contributed by atoms with van der Waals surface area (Å²) in [7, 11) is 0. The van der Waals surface area contributed by atoms with Gasteiger partial charge in [0.25, 0.3) is 0 Å². The molecule has 0 spiro atoms. The molecule has 0 radical (unpaired) electrons. The van der Waals surface area contributed by atoms with Gasteiger partial charge >= 0.3 is 0 Å². The zero-order chi connectivity index (χ0) is 9.68. The van der Waals surface area contributed by atoms with Crippen molar-refractivity contribution in [1.82, 2.24) is 0 Å². The van der Waals surface area contributed by atoms with Crippen molar-refractivity contribution >= 4 is 11.1 Å². The minimum atomic E-state index is -1.34. The van der Waals surface area contributed by atoms with Gasteiger partial charge in [-0.05, 0) is 5.56 Å². The van der Waals surface area contributed by atoms with E-state index in [1.165, 1.54) is 6.26 Å². The largest absolute Gasteiger partial charge is 0.269 e. The normalized spacial score (nSPS) is 14.5. The van der Waals surface area contributed by atoms with Gasteiger partial charge in [-0.2, -0.15) is 0 Å². The molecule has 0 N–H and O–H groups in total. The third kappa shape index (κ3) is 3.02. The molecule has 0 amide bonds. The summed E-state index contributed by atoms with van der Waals surface area (Å²) in [6, 6.07) is 9.30. The Bertz CT molecular complexity index is 327. The minimum Gasteiger partial charge on any atom is -0.269 e. The topological polar surface area (TPSA) is 26.3 Å². The van der Waals surface area contributed by atoms with Crippen molar-refractivity contribution < 1.29 is 8.39 Å². The fraction of sp³-hybridized carbons (Fsp3) is 0.200. The molecule has 0 fully saturated rings. The molecule has 0 heterocycles. The van der Waals surface area contributed by atoms with E-state index >= 15 is 0 Å². The van der Waals surface area contributed by atoms with Gasteiger partial charge in [0.05, 0.1) is 0 Å². The number of rotatable bonds is 3. The molecule has 2 atom stereocenters. The lowest BCUT2D eigenvalue weighted by molar-refractivity contribution is 0.297. The maximum Gasteiger partial charge on any atom is 0.160 e. The minimum absolute atomic E-state index is 0.521. The summed E-state index contributed by atoms with van der Waals surface area (Å²) in [5, 5.41) is 0. The molecular weight excluding hydrogens is 184 g/mol. The van der Waals surface area contributed by atoms with E-state index in [-0.39, 0.29) is 0 Å². The van der Waals surface area contributed by atoms with Gasteiger partial charge in [0.15, 0.2) is 17.2 Å². The van der Waals surface area contributed by atoms with E-state index < -0.39 is 17.2 Å². The first-order valence-electron chi connectivity index (χ1n) is 3.75. The van der Waals surface area contributed by atoms with Crippen LogP contribution in [-0.4, -0.2) is 10.5 Å². The maximum atomic E-state index is 10.8. The van der Waals surface area contributed by atoms with Crippen LogP contribution in [-0.2, 0) is 15.3 Å². The molecule has 1 aromatic rings. The Kier molecular flexibility index (Phi) is 3.69. The smallest absolute Gasteiger partial charge is 0.160 e. The van der Waals surface area contributed by atoms with E-state index in [1.54, 1.807) is 0 Å². The molecule has 2 nitrogen and oxygen atoms in total. The van der Waals surface area contributed by atoms with Gasteiger partial charge in [-0.15, -0.1) is 6.42 Å². The van der Waals surface area contributed by atoms with Crippen LogP contribution < -0.4 is 0 Å². The van der Waals surface area contributed by atoms with Crippen molar-refractivity contribution in [1.29, 1.82) is 0 Å². The molecule has 0 aliphatic carbocycles. The lowest BCUT2D eigenvalue weighted by atomic mass is 10.1. The van der Waals surface area contributed by atoms with E-state index in [2.05, 4.69) is 5.92 Å². The first-order valence-corrected chi connectivity index (χ1v) is 5.24. The number of hydrogen-bond donors (Lipinski definition) is 0. The highest BCUT2D eigenvalue weighted by Gasteiger charge is 2.09. The second-order valence-electron chi connectivity index (χ2n) is 2.45. The zero-order valence-electron chi connectivity index (χ0n) is 7.27. The molecule has 0 aliphatic heterocycles. The summed E-state index contributed by atoms with van der Waals surface area (Å²) in [4.78, 5) is 0. The van der Waals surface area contributed by atoms with Gasteiger partial charge in [-0.3, -0.25) is 4.18 Å². The molecule has 0 saturated carbocycles. The van der Waals surface area contributed by atoms with Crippen LogP contribution in [0.5, 0.6) is 0 Å². The molecule has 1 rings (SSSR count). The maximum absolute atomic E-state index is 10.8. The average Bonchev–Trinajstić information content (AvgIpc) is 2.15. The second-order valence-corrected chi connectivity index (χ2v) is 3.45. The van der Waals surface area contributed by atoms with Gasteiger partial charge in [-0.1, -0.05) is 36.3 Å². The number of hydrogen-bond acceptors (Lipinski definition) is 2. The Morgan fingerprint density at radius 1 is 1.46 bits per heavy atom. The van der Waals surface area contributed by atoms with Crippen LogP contribution in [0.2, 0.25) is 0 Å². The van der Waals surface area contributed by atoms with Gasteiger partial charge in [0.1, 0.15) is 0 Å². The molecular formula is C10H10O2S. The van der Waals surface area contributed by atoms with Crippen LogP contribution in [0.25, 0.3) is 0 Å². The SMILES string of the molecule is C#CC(OS(C)=O)c1ccccc1. The fourth-order valence-corrected chi connectivity index (χ4v) is 1.38. The van der Waals surface area contributed by atoms with Crippen LogP contribution in [0, 0.1) is 12.3 Å². The van der Waals surface area contributed by atoms with E-state index in [9.17, 15) is 4.21 Å². The predicted octanol–water partition coefficient (Wildman–Crippen LogP) is 1.67. The van der Waals surface area contributed by atoms with Crippen molar-refractivity contribution in [3.63, 3.8) is 0 Å². The summed E-state index contributed by atoms with van der Waals surface area (Å²) in [5.41, 5.74) is 0.847. The molecule has 0 saturated heterocycles. The molecule has 0 bridgehead atoms. The van der Waals surface area contributed by atoms with E-state index in [4.69, 9.17) is 10.6 Å². The van der Waals surface area contributed by atoms with Crippen molar-refractivity contribution in [2.45, 2.75) is 6.10 Å².